The number of hydrogen-bond donors (Lipinski definition) is 1. The Hall–Kier alpha value is -4.07. The SMILES string of the molecule is Cc1cc(F)cc2c1cc(C)n2CCNc1cc(-c2ccc(-c3ncno3)cc2)ncn1. The van der Waals surface area contributed by atoms with Gasteiger partial charge in [0.1, 0.15) is 18.0 Å². The van der Waals surface area contributed by atoms with E-state index in [0.29, 0.717) is 19.0 Å². The lowest BCUT2D eigenvalue weighted by molar-refractivity contribution is 0.430. The largest absolute Gasteiger partial charge is 0.368 e. The zero-order valence-corrected chi connectivity index (χ0v) is 17.7. The third kappa shape index (κ3) is 3.82. The standard InChI is InChI=1S/C24H21FN6O/c1-15-9-19(25)11-22-20(15)10-16(2)31(22)8-7-26-23-12-21(27-13-28-23)17-3-5-18(6-4-17)24-29-14-30-32-24/h3-6,9-14H,7-8H2,1-2H3,(H,26,27,28). The van der Waals surface area contributed by atoms with Gasteiger partial charge in [-0.2, -0.15) is 4.98 Å². The molecule has 0 atom stereocenters. The molecule has 0 saturated heterocycles. The van der Waals surface area contributed by atoms with Crippen molar-refractivity contribution in [3.05, 3.63) is 78.3 Å². The first kappa shape index (κ1) is 19.9. The lowest BCUT2D eigenvalue weighted by atomic mass is 10.1. The van der Waals surface area contributed by atoms with Crippen LogP contribution in [0.4, 0.5) is 10.2 Å². The van der Waals surface area contributed by atoms with Crippen molar-refractivity contribution in [1.82, 2.24) is 24.7 Å². The van der Waals surface area contributed by atoms with E-state index in [1.807, 2.05) is 44.2 Å². The minimum absolute atomic E-state index is 0.215. The maximum Gasteiger partial charge on any atom is 0.257 e. The van der Waals surface area contributed by atoms with Crippen LogP contribution in [0.1, 0.15) is 11.3 Å². The van der Waals surface area contributed by atoms with Crippen LogP contribution in [0.25, 0.3) is 33.6 Å². The molecule has 0 aliphatic carbocycles. The van der Waals surface area contributed by atoms with Crippen LogP contribution in [-0.2, 0) is 6.54 Å². The highest BCUT2D eigenvalue weighted by Crippen LogP contribution is 2.25. The van der Waals surface area contributed by atoms with Crippen LogP contribution >= 0.6 is 0 Å². The van der Waals surface area contributed by atoms with Gasteiger partial charge in [-0.05, 0) is 49.7 Å². The van der Waals surface area contributed by atoms with Crippen molar-refractivity contribution in [2.24, 2.45) is 0 Å². The number of halogens is 1. The molecule has 7 nitrogen and oxygen atoms in total. The molecule has 0 aliphatic heterocycles. The van der Waals surface area contributed by atoms with Crippen LogP contribution in [0, 0.1) is 19.7 Å². The van der Waals surface area contributed by atoms with E-state index in [1.54, 1.807) is 18.5 Å². The second-order valence-corrected chi connectivity index (χ2v) is 7.63. The minimum Gasteiger partial charge on any atom is -0.368 e. The van der Waals surface area contributed by atoms with E-state index in [0.717, 1.165) is 44.8 Å². The number of hydrogen-bond acceptors (Lipinski definition) is 6. The first-order valence-corrected chi connectivity index (χ1v) is 10.3. The Bertz CT molecular complexity index is 1380. The van der Waals surface area contributed by atoms with Crippen molar-refractivity contribution >= 4 is 16.7 Å². The Labute approximate surface area is 184 Å². The molecule has 0 unspecified atom stereocenters. The molecule has 160 valence electrons. The lowest BCUT2D eigenvalue weighted by Crippen LogP contribution is -2.12. The second-order valence-electron chi connectivity index (χ2n) is 7.63. The minimum atomic E-state index is -0.215. The first-order chi connectivity index (χ1) is 15.6. The van der Waals surface area contributed by atoms with Gasteiger partial charge < -0.3 is 14.4 Å². The molecule has 0 amide bonds. The molecule has 0 fully saturated rings. The zero-order chi connectivity index (χ0) is 22.1. The molecule has 5 rings (SSSR count). The fraction of sp³-hybridized carbons (Fsp3) is 0.167. The molecule has 3 heterocycles. The van der Waals surface area contributed by atoms with Gasteiger partial charge in [0.15, 0.2) is 6.33 Å². The van der Waals surface area contributed by atoms with Gasteiger partial charge in [-0.1, -0.05) is 17.3 Å². The molecular weight excluding hydrogens is 407 g/mol. The fourth-order valence-electron chi connectivity index (χ4n) is 3.91. The molecule has 0 aliphatic rings. The van der Waals surface area contributed by atoms with E-state index < -0.39 is 0 Å². The van der Waals surface area contributed by atoms with Gasteiger partial charge in [-0.15, -0.1) is 0 Å². The van der Waals surface area contributed by atoms with E-state index in [-0.39, 0.29) is 5.82 Å². The number of nitrogens with one attached hydrogen (secondary N) is 1. The second kappa shape index (κ2) is 8.22. The monoisotopic (exact) mass is 428 g/mol. The van der Waals surface area contributed by atoms with E-state index in [1.165, 1.54) is 6.33 Å². The highest BCUT2D eigenvalue weighted by Gasteiger charge is 2.10. The summed E-state index contributed by atoms with van der Waals surface area (Å²) in [5, 5.41) is 8.06. The summed E-state index contributed by atoms with van der Waals surface area (Å²) in [6, 6.07) is 14.9. The summed E-state index contributed by atoms with van der Waals surface area (Å²) < 4.78 is 21.1. The Balaban J connectivity index is 1.30. The average Bonchev–Trinajstić information content (AvgIpc) is 3.43. The predicted molar refractivity (Wildman–Crippen MR) is 121 cm³/mol. The number of aromatic nitrogens is 5. The first-order valence-electron chi connectivity index (χ1n) is 10.3. The van der Waals surface area contributed by atoms with Gasteiger partial charge in [0.05, 0.1) is 11.2 Å². The van der Waals surface area contributed by atoms with Crippen LogP contribution in [0.15, 0.2) is 65.7 Å². The van der Waals surface area contributed by atoms with E-state index in [9.17, 15) is 4.39 Å². The number of nitrogens with zero attached hydrogens (tertiary/aromatic N) is 5. The fourth-order valence-corrected chi connectivity index (χ4v) is 3.91. The molecule has 0 radical (unpaired) electrons. The van der Waals surface area contributed by atoms with Crippen molar-refractivity contribution in [3.63, 3.8) is 0 Å². The number of anilines is 1. The van der Waals surface area contributed by atoms with E-state index in [2.05, 4.69) is 36.1 Å². The van der Waals surface area contributed by atoms with Crippen molar-refractivity contribution in [2.75, 3.05) is 11.9 Å². The van der Waals surface area contributed by atoms with Gasteiger partial charge in [0.2, 0.25) is 0 Å². The van der Waals surface area contributed by atoms with Crippen LogP contribution in [0.3, 0.4) is 0 Å². The van der Waals surface area contributed by atoms with Gasteiger partial charge in [-0.25, -0.2) is 14.4 Å². The topological polar surface area (TPSA) is 81.7 Å². The van der Waals surface area contributed by atoms with E-state index >= 15 is 0 Å². The Morgan fingerprint density at radius 2 is 1.75 bits per heavy atom. The molecular formula is C24H21FN6O. The van der Waals surface area contributed by atoms with Crippen LogP contribution in [0.5, 0.6) is 0 Å². The Morgan fingerprint density at radius 3 is 2.53 bits per heavy atom. The summed E-state index contributed by atoms with van der Waals surface area (Å²) in [5.41, 5.74) is 5.56. The molecule has 8 heteroatoms. The number of aryl methyl sites for hydroxylation is 2. The van der Waals surface area contributed by atoms with Crippen molar-refractivity contribution < 1.29 is 8.91 Å². The maximum absolute atomic E-state index is 13.9. The summed E-state index contributed by atoms with van der Waals surface area (Å²) in [4.78, 5) is 12.8. The van der Waals surface area contributed by atoms with Gasteiger partial charge in [0, 0.05) is 41.4 Å². The third-order valence-electron chi connectivity index (χ3n) is 5.50. The molecule has 0 spiro atoms. The molecule has 2 aromatic carbocycles. The number of benzene rings is 2. The van der Waals surface area contributed by atoms with Crippen molar-refractivity contribution in [1.29, 1.82) is 0 Å². The van der Waals surface area contributed by atoms with Gasteiger partial charge in [-0.3, -0.25) is 0 Å². The molecule has 3 aromatic heterocycles. The lowest BCUT2D eigenvalue weighted by Gasteiger charge is -2.11. The van der Waals surface area contributed by atoms with Crippen LogP contribution < -0.4 is 5.32 Å². The highest BCUT2D eigenvalue weighted by atomic mass is 19.1. The molecule has 1 N–H and O–H groups in total. The van der Waals surface area contributed by atoms with Crippen LogP contribution in [-0.4, -0.2) is 31.2 Å². The molecule has 5 aromatic rings. The Kier molecular flexibility index (Phi) is 5.10. The van der Waals surface area contributed by atoms with Crippen molar-refractivity contribution in [3.8, 4) is 22.7 Å². The zero-order valence-electron chi connectivity index (χ0n) is 17.7. The Morgan fingerprint density at radius 1 is 0.938 bits per heavy atom. The number of rotatable bonds is 6. The van der Waals surface area contributed by atoms with E-state index in [4.69, 9.17) is 4.52 Å². The smallest absolute Gasteiger partial charge is 0.257 e. The van der Waals surface area contributed by atoms with Crippen LogP contribution in [0.2, 0.25) is 0 Å². The van der Waals surface area contributed by atoms with Gasteiger partial charge in [0.25, 0.3) is 5.89 Å². The predicted octanol–water partition coefficient (Wildman–Crippen LogP) is 5.02. The summed E-state index contributed by atoms with van der Waals surface area (Å²) in [5.74, 6) is 0.991. The number of fused-ring (bicyclic) bond motifs is 1. The quantitative estimate of drug-likeness (QED) is 0.409. The van der Waals surface area contributed by atoms with Gasteiger partial charge >= 0.3 is 0 Å². The summed E-state index contributed by atoms with van der Waals surface area (Å²) >= 11 is 0. The molecule has 32 heavy (non-hydrogen) atoms. The molecule has 0 bridgehead atoms. The summed E-state index contributed by atoms with van der Waals surface area (Å²) in [7, 11) is 0. The summed E-state index contributed by atoms with van der Waals surface area (Å²) in [6.45, 7) is 5.31. The maximum atomic E-state index is 13.9. The third-order valence-corrected chi connectivity index (χ3v) is 5.50. The molecule has 0 saturated carbocycles. The normalized spacial score (nSPS) is 11.2. The highest BCUT2D eigenvalue weighted by molar-refractivity contribution is 5.84. The van der Waals surface area contributed by atoms with Crippen molar-refractivity contribution in [2.45, 2.75) is 20.4 Å². The summed E-state index contributed by atoms with van der Waals surface area (Å²) in [6.07, 6.45) is 2.92. The average molecular weight is 428 g/mol.